The molecule has 0 bridgehead atoms. The van der Waals surface area contributed by atoms with Crippen LogP contribution in [0.15, 0.2) is 18.2 Å². The largest absolute Gasteiger partial charge is 0.497 e. The molecule has 1 aliphatic carbocycles. The summed E-state index contributed by atoms with van der Waals surface area (Å²) in [5, 5.41) is 0. The lowest BCUT2D eigenvalue weighted by Crippen LogP contribution is -2.07. The van der Waals surface area contributed by atoms with Gasteiger partial charge in [-0.15, -0.1) is 0 Å². The van der Waals surface area contributed by atoms with Gasteiger partial charge < -0.3 is 14.2 Å². The lowest BCUT2D eigenvalue weighted by Gasteiger charge is -2.17. The highest BCUT2D eigenvalue weighted by molar-refractivity contribution is 5.47. The van der Waals surface area contributed by atoms with Crippen LogP contribution in [0.5, 0.6) is 5.75 Å². The molecule has 1 aromatic rings. The van der Waals surface area contributed by atoms with Crippen LogP contribution < -0.4 is 4.74 Å². The van der Waals surface area contributed by atoms with Crippen molar-refractivity contribution in [3.63, 3.8) is 0 Å². The SMILES string of the molecule is COc1ccc(C(OC)OC)c(C#CC2CCCCC2)c1. The van der Waals surface area contributed by atoms with Gasteiger partial charge in [0.05, 0.1) is 7.11 Å². The van der Waals surface area contributed by atoms with Gasteiger partial charge in [-0.3, -0.25) is 0 Å². The second-order valence-corrected chi connectivity index (χ2v) is 5.36. The van der Waals surface area contributed by atoms with E-state index in [2.05, 4.69) is 11.8 Å². The molecule has 0 spiro atoms. The first-order valence-corrected chi connectivity index (χ1v) is 7.53. The molecule has 1 fully saturated rings. The summed E-state index contributed by atoms with van der Waals surface area (Å²) in [5.74, 6) is 8.05. The zero-order valence-electron chi connectivity index (χ0n) is 13.1. The average Bonchev–Trinajstić information content (AvgIpc) is 2.55. The molecule has 0 amide bonds. The molecule has 0 atom stereocenters. The molecule has 3 heteroatoms. The first-order valence-electron chi connectivity index (χ1n) is 7.53. The number of hydrogen-bond acceptors (Lipinski definition) is 3. The van der Waals surface area contributed by atoms with Crippen LogP contribution in [0, 0.1) is 17.8 Å². The van der Waals surface area contributed by atoms with E-state index in [0.717, 1.165) is 16.9 Å². The Balaban J connectivity index is 2.28. The second-order valence-electron chi connectivity index (χ2n) is 5.36. The van der Waals surface area contributed by atoms with Crippen LogP contribution in [-0.4, -0.2) is 21.3 Å². The molecule has 0 heterocycles. The minimum Gasteiger partial charge on any atom is -0.497 e. The van der Waals surface area contributed by atoms with Crippen molar-refractivity contribution in [2.24, 2.45) is 5.92 Å². The molecule has 0 N–H and O–H groups in total. The van der Waals surface area contributed by atoms with E-state index in [1.54, 1.807) is 21.3 Å². The highest BCUT2D eigenvalue weighted by Gasteiger charge is 2.15. The molecule has 1 aliphatic rings. The predicted molar refractivity (Wildman–Crippen MR) is 83.2 cm³/mol. The monoisotopic (exact) mass is 288 g/mol. The van der Waals surface area contributed by atoms with Gasteiger partial charge in [0.1, 0.15) is 5.75 Å². The molecule has 1 saturated carbocycles. The van der Waals surface area contributed by atoms with Gasteiger partial charge in [0.25, 0.3) is 0 Å². The van der Waals surface area contributed by atoms with Crippen molar-refractivity contribution >= 4 is 0 Å². The Kier molecular flexibility index (Phi) is 6.10. The lowest BCUT2D eigenvalue weighted by molar-refractivity contribution is -0.106. The standard InChI is InChI=1S/C18H24O3/c1-19-16-11-12-17(18(20-2)21-3)15(13-16)10-9-14-7-5-4-6-8-14/h11-14,18H,4-8H2,1-3H3. The highest BCUT2D eigenvalue weighted by Crippen LogP contribution is 2.26. The first-order chi connectivity index (χ1) is 10.3. The Morgan fingerprint density at radius 2 is 1.76 bits per heavy atom. The number of benzene rings is 1. The molecule has 0 aromatic heterocycles. The zero-order chi connectivity index (χ0) is 15.1. The lowest BCUT2D eigenvalue weighted by atomic mass is 9.89. The molecule has 0 aliphatic heterocycles. The average molecular weight is 288 g/mol. The minimum atomic E-state index is -0.397. The summed E-state index contributed by atoms with van der Waals surface area (Å²) in [6, 6.07) is 5.82. The predicted octanol–water partition coefficient (Wildman–Crippen LogP) is 3.92. The second kappa shape index (κ2) is 8.07. The molecule has 0 saturated heterocycles. The van der Waals surface area contributed by atoms with Gasteiger partial charge >= 0.3 is 0 Å². The van der Waals surface area contributed by atoms with Gasteiger partial charge in [0.2, 0.25) is 0 Å². The van der Waals surface area contributed by atoms with Crippen LogP contribution in [0.25, 0.3) is 0 Å². The summed E-state index contributed by atoms with van der Waals surface area (Å²) in [7, 11) is 4.94. The fourth-order valence-corrected chi connectivity index (χ4v) is 2.75. The van der Waals surface area contributed by atoms with E-state index in [4.69, 9.17) is 14.2 Å². The van der Waals surface area contributed by atoms with Gasteiger partial charge in [0.15, 0.2) is 6.29 Å². The topological polar surface area (TPSA) is 27.7 Å². The molecular formula is C18H24O3. The molecule has 0 radical (unpaired) electrons. The molecular weight excluding hydrogens is 264 g/mol. The number of methoxy groups -OCH3 is 3. The fourth-order valence-electron chi connectivity index (χ4n) is 2.75. The highest BCUT2D eigenvalue weighted by atomic mass is 16.7. The third kappa shape index (κ3) is 4.23. The van der Waals surface area contributed by atoms with E-state index in [1.165, 1.54) is 32.1 Å². The van der Waals surface area contributed by atoms with Crippen molar-refractivity contribution in [2.75, 3.05) is 21.3 Å². The Morgan fingerprint density at radius 3 is 2.38 bits per heavy atom. The van der Waals surface area contributed by atoms with Gasteiger partial charge in [-0.2, -0.15) is 0 Å². The third-order valence-electron chi connectivity index (χ3n) is 3.96. The maximum absolute atomic E-state index is 5.36. The summed E-state index contributed by atoms with van der Waals surface area (Å²) in [6.45, 7) is 0. The summed E-state index contributed by atoms with van der Waals surface area (Å²) in [6.07, 6.45) is 5.96. The van der Waals surface area contributed by atoms with Crippen molar-refractivity contribution in [1.82, 2.24) is 0 Å². The van der Waals surface area contributed by atoms with Gasteiger partial charge in [-0.25, -0.2) is 0 Å². The molecule has 21 heavy (non-hydrogen) atoms. The van der Waals surface area contributed by atoms with Crippen LogP contribution >= 0.6 is 0 Å². The number of hydrogen-bond donors (Lipinski definition) is 0. The van der Waals surface area contributed by atoms with Gasteiger partial charge in [-0.05, 0) is 31.0 Å². The smallest absolute Gasteiger partial charge is 0.184 e. The van der Waals surface area contributed by atoms with Crippen molar-refractivity contribution in [2.45, 2.75) is 38.4 Å². The van der Waals surface area contributed by atoms with Crippen LogP contribution in [0.1, 0.15) is 49.5 Å². The van der Waals surface area contributed by atoms with Crippen LogP contribution in [0.3, 0.4) is 0 Å². The van der Waals surface area contributed by atoms with E-state index < -0.39 is 6.29 Å². The van der Waals surface area contributed by atoms with E-state index in [-0.39, 0.29) is 0 Å². The van der Waals surface area contributed by atoms with Crippen molar-refractivity contribution < 1.29 is 14.2 Å². The Hall–Kier alpha value is -1.50. The molecule has 2 rings (SSSR count). The summed E-state index contributed by atoms with van der Waals surface area (Å²) >= 11 is 0. The zero-order valence-corrected chi connectivity index (χ0v) is 13.1. The van der Waals surface area contributed by atoms with Crippen molar-refractivity contribution in [3.05, 3.63) is 29.3 Å². The van der Waals surface area contributed by atoms with Gasteiger partial charge in [-0.1, -0.05) is 31.1 Å². The minimum absolute atomic E-state index is 0.397. The van der Waals surface area contributed by atoms with Crippen LogP contribution in [-0.2, 0) is 9.47 Å². The molecule has 0 unspecified atom stereocenters. The maximum atomic E-state index is 5.36. The molecule has 114 valence electrons. The van der Waals surface area contributed by atoms with E-state index in [1.807, 2.05) is 18.2 Å². The summed E-state index contributed by atoms with van der Waals surface area (Å²) in [4.78, 5) is 0. The van der Waals surface area contributed by atoms with E-state index in [0.29, 0.717) is 5.92 Å². The third-order valence-corrected chi connectivity index (χ3v) is 3.96. The Bertz CT molecular complexity index is 503. The normalized spacial score (nSPS) is 15.6. The van der Waals surface area contributed by atoms with E-state index in [9.17, 15) is 0 Å². The Labute approximate surface area is 127 Å². The first kappa shape index (κ1) is 15.9. The van der Waals surface area contributed by atoms with Crippen LogP contribution in [0.2, 0.25) is 0 Å². The fraction of sp³-hybridized carbons (Fsp3) is 0.556. The number of rotatable bonds is 4. The maximum Gasteiger partial charge on any atom is 0.184 e. The Morgan fingerprint density at radius 1 is 1.05 bits per heavy atom. The summed E-state index contributed by atoms with van der Waals surface area (Å²) < 4.78 is 16.0. The van der Waals surface area contributed by atoms with Crippen molar-refractivity contribution in [1.29, 1.82) is 0 Å². The quantitative estimate of drug-likeness (QED) is 0.621. The molecule has 3 nitrogen and oxygen atoms in total. The van der Waals surface area contributed by atoms with Gasteiger partial charge in [0, 0.05) is 31.3 Å². The molecule has 1 aromatic carbocycles. The summed E-state index contributed by atoms with van der Waals surface area (Å²) in [5.41, 5.74) is 1.87. The van der Waals surface area contributed by atoms with E-state index >= 15 is 0 Å². The number of ether oxygens (including phenoxy) is 3. The van der Waals surface area contributed by atoms with Crippen LogP contribution in [0.4, 0.5) is 0 Å². The van der Waals surface area contributed by atoms with Crippen molar-refractivity contribution in [3.8, 4) is 17.6 Å².